The summed E-state index contributed by atoms with van der Waals surface area (Å²) in [6.45, 7) is 1.18. The van der Waals surface area contributed by atoms with E-state index in [1.807, 2.05) is 7.05 Å². The normalized spacial score (nSPS) is 32.5. The molecule has 3 N–H and O–H groups in total. The molecule has 0 radical (unpaired) electrons. The van der Waals surface area contributed by atoms with Gasteiger partial charge in [-0.15, -0.1) is 0 Å². The summed E-state index contributed by atoms with van der Waals surface area (Å²) in [5.74, 6) is 0.670. The second-order valence-electron chi connectivity index (χ2n) is 6.89. The van der Waals surface area contributed by atoms with Gasteiger partial charge >= 0.3 is 0 Å². The van der Waals surface area contributed by atoms with Crippen LogP contribution in [-0.2, 0) is 4.79 Å². The molecule has 2 fully saturated rings. The molecule has 0 aromatic heterocycles. The summed E-state index contributed by atoms with van der Waals surface area (Å²) in [6.07, 6.45) is 11.0. The van der Waals surface area contributed by atoms with Crippen molar-refractivity contribution >= 4 is 5.91 Å². The number of amides is 1. The molecular formula is C16H31N3O. The summed E-state index contributed by atoms with van der Waals surface area (Å²) in [7, 11) is 4.10. The molecule has 0 spiro atoms. The molecule has 116 valence electrons. The van der Waals surface area contributed by atoms with Crippen molar-refractivity contribution in [1.82, 2.24) is 10.2 Å². The average Bonchev–Trinajstić information content (AvgIpc) is 2.48. The van der Waals surface area contributed by atoms with Gasteiger partial charge in [-0.25, -0.2) is 0 Å². The Morgan fingerprint density at radius 2 is 1.95 bits per heavy atom. The van der Waals surface area contributed by atoms with Gasteiger partial charge in [0.05, 0.1) is 5.54 Å². The first kappa shape index (κ1) is 15.8. The Kier molecular flexibility index (Phi) is 5.44. The topological polar surface area (TPSA) is 58.4 Å². The van der Waals surface area contributed by atoms with E-state index < -0.39 is 5.54 Å². The summed E-state index contributed by atoms with van der Waals surface area (Å²) in [6, 6.07) is 0.491. The van der Waals surface area contributed by atoms with Gasteiger partial charge in [0, 0.05) is 12.6 Å². The van der Waals surface area contributed by atoms with Gasteiger partial charge in [-0.2, -0.15) is 0 Å². The average molecular weight is 281 g/mol. The zero-order chi connectivity index (χ0) is 14.6. The van der Waals surface area contributed by atoms with E-state index in [0.717, 1.165) is 25.2 Å². The summed E-state index contributed by atoms with van der Waals surface area (Å²) in [4.78, 5) is 14.3. The minimum atomic E-state index is -0.482. The first-order chi connectivity index (χ1) is 9.57. The molecule has 0 heterocycles. The molecule has 0 aromatic rings. The van der Waals surface area contributed by atoms with Crippen LogP contribution in [0.1, 0.15) is 57.8 Å². The van der Waals surface area contributed by atoms with Crippen LogP contribution in [0.4, 0.5) is 0 Å². The van der Waals surface area contributed by atoms with Gasteiger partial charge in [-0.1, -0.05) is 19.3 Å². The van der Waals surface area contributed by atoms with Gasteiger partial charge in [-0.3, -0.25) is 4.79 Å². The number of carbonyl (C=O) groups excluding carboxylic acids is 1. The van der Waals surface area contributed by atoms with Gasteiger partial charge in [0.25, 0.3) is 0 Å². The molecule has 2 saturated carbocycles. The Morgan fingerprint density at radius 1 is 1.25 bits per heavy atom. The fourth-order valence-corrected chi connectivity index (χ4v) is 4.12. The van der Waals surface area contributed by atoms with Crippen LogP contribution in [-0.4, -0.2) is 43.0 Å². The van der Waals surface area contributed by atoms with Crippen molar-refractivity contribution in [3.8, 4) is 0 Å². The smallest absolute Gasteiger partial charge is 0.237 e. The fourth-order valence-electron chi connectivity index (χ4n) is 4.12. The van der Waals surface area contributed by atoms with E-state index in [2.05, 4.69) is 17.3 Å². The Hall–Kier alpha value is -0.610. The number of nitrogens with two attached hydrogens (primary N) is 1. The number of rotatable bonds is 5. The second-order valence-corrected chi connectivity index (χ2v) is 6.89. The van der Waals surface area contributed by atoms with Gasteiger partial charge in [-0.05, 0) is 58.5 Å². The molecule has 2 unspecified atom stereocenters. The van der Waals surface area contributed by atoms with Crippen LogP contribution in [0.3, 0.4) is 0 Å². The standard InChI is InChI=1S/C16H31N3O/c1-18-16(15(17)20)10-6-9-14(11-16)19(2)12-13-7-4-3-5-8-13/h13-14,18H,3-12H2,1-2H3,(H2,17,20). The number of nitrogens with zero attached hydrogens (tertiary/aromatic N) is 1. The third kappa shape index (κ3) is 3.53. The summed E-state index contributed by atoms with van der Waals surface area (Å²) in [5.41, 5.74) is 5.16. The molecule has 2 aliphatic carbocycles. The highest BCUT2D eigenvalue weighted by molar-refractivity contribution is 5.84. The third-order valence-electron chi connectivity index (χ3n) is 5.57. The maximum atomic E-state index is 11.8. The van der Waals surface area contributed by atoms with E-state index in [4.69, 9.17) is 5.73 Å². The Balaban J connectivity index is 1.92. The van der Waals surface area contributed by atoms with E-state index in [1.165, 1.54) is 45.1 Å². The van der Waals surface area contributed by atoms with E-state index in [1.54, 1.807) is 0 Å². The van der Waals surface area contributed by atoms with E-state index in [0.29, 0.717) is 6.04 Å². The van der Waals surface area contributed by atoms with Crippen LogP contribution in [0, 0.1) is 5.92 Å². The minimum absolute atomic E-state index is 0.184. The molecule has 0 saturated heterocycles. The third-order valence-corrected chi connectivity index (χ3v) is 5.57. The number of hydrogen-bond donors (Lipinski definition) is 2. The Bertz CT molecular complexity index is 328. The lowest BCUT2D eigenvalue weighted by Gasteiger charge is -2.43. The molecule has 20 heavy (non-hydrogen) atoms. The summed E-state index contributed by atoms with van der Waals surface area (Å²) < 4.78 is 0. The first-order valence-electron chi connectivity index (χ1n) is 8.26. The lowest BCUT2D eigenvalue weighted by Crippen LogP contribution is -2.59. The van der Waals surface area contributed by atoms with E-state index >= 15 is 0 Å². The van der Waals surface area contributed by atoms with Gasteiger partial charge in [0.1, 0.15) is 0 Å². The van der Waals surface area contributed by atoms with Gasteiger partial charge in [0.15, 0.2) is 0 Å². The van der Waals surface area contributed by atoms with Crippen LogP contribution < -0.4 is 11.1 Å². The number of nitrogens with one attached hydrogen (secondary N) is 1. The number of primary amides is 1. The molecule has 0 bridgehead atoms. The minimum Gasteiger partial charge on any atom is -0.368 e. The molecule has 4 heteroatoms. The van der Waals surface area contributed by atoms with Crippen molar-refractivity contribution in [2.24, 2.45) is 11.7 Å². The van der Waals surface area contributed by atoms with Crippen molar-refractivity contribution in [3.63, 3.8) is 0 Å². The second kappa shape index (κ2) is 6.90. The highest BCUT2D eigenvalue weighted by Gasteiger charge is 2.41. The number of carbonyl (C=O) groups is 1. The monoisotopic (exact) mass is 281 g/mol. The van der Waals surface area contributed by atoms with Gasteiger partial charge < -0.3 is 16.0 Å². The van der Waals surface area contributed by atoms with Crippen LogP contribution >= 0.6 is 0 Å². The maximum absolute atomic E-state index is 11.8. The molecule has 4 nitrogen and oxygen atoms in total. The predicted octanol–water partition coefficient (Wildman–Crippen LogP) is 1.88. The largest absolute Gasteiger partial charge is 0.368 e. The Morgan fingerprint density at radius 3 is 2.55 bits per heavy atom. The van der Waals surface area contributed by atoms with Crippen LogP contribution in [0.5, 0.6) is 0 Å². The van der Waals surface area contributed by atoms with Crippen LogP contribution in [0.2, 0.25) is 0 Å². The number of likely N-dealkylation sites (N-methyl/N-ethyl adjacent to an activating group) is 1. The van der Waals surface area contributed by atoms with Crippen molar-refractivity contribution in [3.05, 3.63) is 0 Å². The quantitative estimate of drug-likeness (QED) is 0.809. The molecule has 0 aromatic carbocycles. The lowest BCUT2D eigenvalue weighted by molar-refractivity contribution is -0.126. The highest BCUT2D eigenvalue weighted by Crippen LogP contribution is 2.32. The molecular weight excluding hydrogens is 250 g/mol. The Labute approximate surface area is 123 Å². The molecule has 0 aliphatic heterocycles. The van der Waals surface area contributed by atoms with E-state index in [9.17, 15) is 4.79 Å². The highest BCUT2D eigenvalue weighted by atomic mass is 16.1. The zero-order valence-corrected chi connectivity index (χ0v) is 13.2. The van der Waals surface area contributed by atoms with E-state index in [-0.39, 0.29) is 5.91 Å². The fraction of sp³-hybridized carbons (Fsp3) is 0.938. The van der Waals surface area contributed by atoms with Crippen molar-refractivity contribution in [1.29, 1.82) is 0 Å². The number of hydrogen-bond acceptors (Lipinski definition) is 3. The summed E-state index contributed by atoms with van der Waals surface area (Å²) in [5, 5.41) is 3.20. The van der Waals surface area contributed by atoms with Crippen LogP contribution in [0.25, 0.3) is 0 Å². The lowest BCUT2D eigenvalue weighted by atomic mass is 9.77. The van der Waals surface area contributed by atoms with Crippen molar-refractivity contribution in [2.75, 3.05) is 20.6 Å². The zero-order valence-electron chi connectivity index (χ0n) is 13.2. The molecule has 2 rings (SSSR count). The van der Waals surface area contributed by atoms with Crippen molar-refractivity contribution < 1.29 is 4.79 Å². The predicted molar refractivity (Wildman–Crippen MR) is 82.4 cm³/mol. The SMILES string of the molecule is CNC1(C(N)=O)CCCC(N(C)CC2CCCCC2)C1. The van der Waals surface area contributed by atoms with Crippen molar-refractivity contribution in [2.45, 2.75) is 69.4 Å². The summed E-state index contributed by atoms with van der Waals surface area (Å²) >= 11 is 0. The van der Waals surface area contributed by atoms with Gasteiger partial charge in [0.2, 0.25) is 5.91 Å². The molecule has 2 atom stereocenters. The molecule has 1 amide bonds. The van der Waals surface area contributed by atoms with Crippen LogP contribution in [0.15, 0.2) is 0 Å². The maximum Gasteiger partial charge on any atom is 0.237 e. The first-order valence-corrected chi connectivity index (χ1v) is 8.26. The molecule has 2 aliphatic rings.